The zero-order valence-electron chi connectivity index (χ0n) is 22.6. The van der Waals surface area contributed by atoms with Crippen molar-refractivity contribution in [3.05, 3.63) is 41.6 Å². The van der Waals surface area contributed by atoms with E-state index >= 15 is 0 Å². The normalized spacial score (nSPS) is 20.1. The van der Waals surface area contributed by atoms with Crippen molar-refractivity contribution in [2.45, 2.75) is 65.0 Å². The first kappa shape index (κ1) is 27.2. The highest BCUT2D eigenvalue weighted by Gasteiger charge is 2.41. The number of amides is 2. The number of hydrogen-bond acceptors (Lipinski definition) is 6. The standard InChI is InChI=1S/C28H39N3O5S/c1-19(2)36-28(33)30-18-20(3)31(27(32)21-11-12-21)25-14-13-22(17-26(25)30)23-9-7-6-8-10-24(23)29(4)15-16-37(5,34)35/h7,9,13-14,17,19-21H,6,8,10-12,15-16,18H2,1-5H3/t20-/m0/s1. The molecular formula is C28H39N3O5S. The monoisotopic (exact) mass is 529 g/mol. The maximum atomic E-state index is 13.2. The molecule has 0 spiro atoms. The van der Waals surface area contributed by atoms with E-state index in [9.17, 15) is 18.0 Å². The van der Waals surface area contributed by atoms with E-state index in [2.05, 4.69) is 12.2 Å². The number of hydrogen-bond donors (Lipinski definition) is 0. The van der Waals surface area contributed by atoms with Crippen LogP contribution in [-0.4, -0.2) is 69.6 Å². The van der Waals surface area contributed by atoms with Crippen molar-refractivity contribution in [3.8, 4) is 0 Å². The molecule has 2 amide bonds. The SMILES string of the molecule is CC(C)OC(=O)N1C[C@H](C)N(C(=O)C2CC2)c2ccc(C3=C(N(C)CCS(C)(=O)=O)CCCC=C3)cc21. The third-order valence-electron chi connectivity index (χ3n) is 7.08. The first-order chi connectivity index (χ1) is 17.5. The fraction of sp³-hybridized carbons (Fsp3) is 0.571. The van der Waals surface area contributed by atoms with Gasteiger partial charge in [0.25, 0.3) is 0 Å². The second-order valence-electron chi connectivity index (χ2n) is 10.8. The maximum Gasteiger partial charge on any atom is 0.414 e. The van der Waals surface area contributed by atoms with Crippen LogP contribution in [0.15, 0.2) is 36.0 Å². The van der Waals surface area contributed by atoms with Gasteiger partial charge in [0.2, 0.25) is 5.91 Å². The van der Waals surface area contributed by atoms with Crippen LogP contribution in [-0.2, 0) is 19.4 Å². The summed E-state index contributed by atoms with van der Waals surface area (Å²) in [5.74, 6) is 0.263. The topological polar surface area (TPSA) is 87.2 Å². The van der Waals surface area contributed by atoms with Gasteiger partial charge in [-0.1, -0.05) is 18.2 Å². The number of ether oxygens (including phenoxy) is 1. The Kier molecular flexibility index (Phi) is 8.02. The molecule has 0 saturated heterocycles. The Morgan fingerprint density at radius 3 is 2.57 bits per heavy atom. The molecule has 0 bridgehead atoms. The molecule has 0 N–H and O–H groups in total. The van der Waals surface area contributed by atoms with Crippen LogP contribution in [0, 0.1) is 5.92 Å². The second-order valence-corrected chi connectivity index (χ2v) is 13.0. The van der Waals surface area contributed by atoms with Crippen molar-refractivity contribution in [1.82, 2.24) is 4.90 Å². The molecule has 1 atom stereocenters. The van der Waals surface area contributed by atoms with E-state index in [1.54, 1.807) is 4.90 Å². The Hall–Kier alpha value is -2.81. The number of rotatable bonds is 7. The number of carbonyl (C=O) groups is 2. The molecule has 1 heterocycles. The lowest BCUT2D eigenvalue weighted by Crippen LogP contribution is -2.52. The number of allylic oxidation sites excluding steroid dienone is 4. The van der Waals surface area contributed by atoms with Crippen molar-refractivity contribution in [2.75, 3.05) is 41.9 Å². The minimum atomic E-state index is -3.09. The number of carbonyl (C=O) groups excluding carboxylic acids is 2. The van der Waals surface area contributed by atoms with Gasteiger partial charge in [0, 0.05) is 43.6 Å². The van der Waals surface area contributed by atoms with E-state index < -0.39 is 15.9 Å². The van der Waals surface area contributed by atoms with Gasteiger partial charge in [-0.25, -0.2) is 13.2 Å². The molecule has 8 nitrogen and oxygen atoms in total. The summed E-state index contributed by atoms with van der Waals surface area (Å²) in [6, 6.07) is 5.76. The minimum absolute atomic E-state index is 0.0618. The molecule has 0 radical (unpaired) electrons. The van der Waals surface area contributed by atoms with Crippen LogP contribution < -0.4 is 9.80 Å². The third kappa shape index (κ3) is 6.37. The number of anilines is 2. The molecule has 37 heavy (non-hydrogen) atoms. The average Bonchev–Trinajstić information content (AvgIpc) is 3.67. The van der Waals surface area contributed by atoms with Gasteiger partial charge >= 0.3 is 6.09 Å². The molecule has 202 valence electrons. The van der Waals surface area contributed by atoms with Crippen LogP contribution in [0.4, 0.5) is 16.2 Å². The lowest BCUT2D eigenvalue weighted by molar-refractivity contribution is -0.120. The van der Waals surface area contributed by atoms with Crippen molar-refractivity contribution in [3.63, 3.8) is 0 Å². The summed E-state index contributed by atoms with van der Waals surface area (Å²) >= 11 is 0. The molecule has 3 aliphatic rings. The molecule has 2 aliphatic carbocycles. The molecule has 1 fully saturated rings. The van der Waals surface area contributed by atoms with Gasteiger partial charge in [-0.2, -0.15) is 0 Å². The van der Waals surface area contributed by atoms with Crippen molar-refractivity contribution in [2.24, 2.45) is 5.92 Å². The summed E-state index contributed by atoms with van der Waals surface area (Å²) in [4.78, 5) is 31.9. The van der Waals surface area contributed by atoms with Crippen molar-refractivity contribution >= 4 is 38.8 Å². The number of fused-ring (bicyclic) bond motifs is 1. The predicted molar refractivity (Wildman–Crippen MR) is 147 cm³/mol. The van der Waals surface area contributed by atoms with Crippen molar-refractivity contribution in [1.29, 1.82) is 0 Å². The van der Waals surface area contributed by atoms with Gasteiger partial charge < -0.3 is 14.5 Å². The minimum Gasteiger partial charge on any atom is -0.446 e. The van der Waals surface area contributed by atoms with Gasteiger partial charge in [-0.05, 0) is 70.6 Å². The van der Waals surface area contributed by atoms with Crippen LogP contribution in [0.1, 0.15) is 58.4 Å². The second kappa shape index (κ2) is 10.9. The maximum absolute atomic E-state index is 13.2. The Morgan fingerprint density at radius 1 is 1.19 bits per heavy atom. The fourth-order valence-corrected chi connectivity index (χ4v) is 5.62. The Bertz CT molecular complexity index is 1220. The van der Waals surface area contributed by atoms with E-state index in [-0.39, 0.29) is 29.7 Å². The van der Waals surface area contributed by atoms with Gasteiger partial charge in [0.15, 0.2) is 0 Å². The number of benzene rings is 1. The largest absolute Gasteiger partial charge is 0.446 e. The third-order valence-corrected chi connectivity index (χ3v) is 8.01. The quantitative estimate of drug-likeness (QED) is 0.513. The zero-order valence-corrected chi connectivity index (χ0v) is 23.4. The van der Waals surface area contributed by atoms with Gasteiger partial charge in [-0.3, -0.25) is 9.69 Å². The van der Waals surface area contributed by atoms with Crippen LogP contribution in [0.2, 0.25) is 0 Å². The molecule has 1 aromatic rings. The van der Waals surface area contributed by atoms with E-state index in [1.165, 1.54) is 6.26 Å². The summed E-state index contributed by atoms with van der Waals surface area (Å²) in [6.07, 6.45) is 9.36. The van der Waals surface area contributed by atoms with E-state index in [0.29, 0.717) is 18.8 Å². The van der Waals surface area contributed by atoms with Crippen molar-refractivity contribution < 1.29 is 22.7 Å². The molecule has 9 heteroatoms. The molecular weight excluding hydrogens is 490 g/mol. The smallest absolute Gasteiger partial charge is 0.414 e. The molecule has 4 rings (SSSR count). The van der Waals surface area contributed by atoms with Gasteiger partial charge in [-0.15, -0.1) is 0 Å². The van der Waals surface area contributed by atoms with Gasteiger partial charge in [0.1, 0.15) is 9.84 Å². The highest BCUT2D eigenvalue weighted by atomic mass is 32.2. The van der Waals surface area contributed by atoms with Gasteiger partial charge in [0.05, 0.1) is 29.3 Å². The fourth-order valence-electron chi connectivity index (χ4n) is 5.01. The van der Waals surface area contributed by atoms with E-state index in [4.69, 9.17) is 4.74 Å². The summed E-state index contributed by atoms with van der Waals surface area (Å²) in [7, 11) is -1.15. The molecule has 1 aromatic carbocycles. The Morgan fingerprint density at radius 2 is 1.92 bits per heavy atom. The lowest BCUT2D eigenvalue weighted by atomic mass is 9.98. The van der Waals surface area contributed by atoms with E-state index in [0.717, 1.165) is 54.6 Å². The van der Waals surface area contributed by atoms with Crippen LogP contribution in [0.3, 0.4) is 0 Å². The number of sulfone groups is 1. The molecule has 1 saturated carbocycles. The van der Waals surface area contributed by atoms with Crippen LogP contribution >= 0.6 is 0 Å². The first-order valence-corrected chi connectivity index (χ1v) is 15.3. The molecule has 0 unspecified atom stereocenters. The highest BCUT2D eigenvalue weighted by molar-refractivity contribution is 7.90. The Balaban J connectivity index is 1.79. The molecule has 1 aliphatic heterocycles. The summed E-state index contributed by atoms with van der Waals surface area (Å²) in [5, 5.41) is 0. The average molecular weight is 530 g/mol. The first-order valence-electron chi connectivity index (χ1n) is 13.2. The lowest BCUT2D eigenvalue weighted by Gasteiger charge is -2.41. The summed E-state index contributed by atoms with van der Waals surface area (Å²) in [6.45, 7) is 6.38. The zero-order chi connectivity index (χ0) is 26.9. The van der Waals surface area contributed by atoms with E-state index in [1.807, 2.05) is 55.8 Å². The Labute approximate surface area is 220 Å². The van der Waals surface area contributed by atoms with Crippen LogP contribution in [0.25, 0.3) is 5.57 Å². The molecule has 0 aromatic heterocycles. The summed E-state index contributed by atoms with van der Waals surface area (Å²) < 4.78 is 29.2. The van der Waals surface area contributed by atoms with Crippen LogP contribution in [0.5, 0.6) is 0 Å². The highest BCUT2D eigenvalue weighted by Crippen LogP contribution is 2.42. The summed E-state index contributed by atoms with van der Waals surface area (Å²) in [5.41, 5.74) is 4.40. The predicted octanol–water partition coefficient (Wildman–Crippen LogP) is 4.61. The number of nitrogens with zero attached hydrogens (tertiary/aromatic N) is 3.